The number of hydrogen-bond donors (Lipinski definition) is 1. The lowest BCUT2D eigenvalue weighted by Crippen LogP contribution is -3.15. The number of rotatable bonds is 5. The van der Waals surface area contributed by atoms with Gasteiger partial charge < -0.3 is 9.80 Å². The van der Waals surface area contributed by atoms with Gasteiger partial charge in [0, 0.05) is 17.2 Å². The van der Waals surface area contributed by atoms with Crippen molar-refractivity contribution in [1.82, 2.24) is 0 Å². The highest BCUT2D eigenvalue weighted by Gasteiger charge is 2.31. The molecule has 5 nitrogen and oxygen atoms in total. The van der Waals surface area contributed by atoms with E-state index in [0.29, 0.717) is 0 Å². The molecule has 1 fully saturated rings. The van der Waals surface area contributed by atoms with Crippen LogP contribution in [0.1, 0.15) is 17.2 Å². The minimum Gasteiger partial charge on any atom is -0.355 e. The molecule has 0 bridgehead atoms. The molecule has 0 saturated carbocycles. The van der Waals surface area contributed by atoms with Gasteiger partial charge in [0.1, 0.15) is 11.7 Å². The predicted molar refractivity (Wildman–Crippen MR) is 111 cm³/mol. The van der Waals surface area contributed by atoms with Crippen molar-refractivity contribution in [3.05, 3.63) is 106 Å². The number of para-hydroxylation sites is 2. The summed E-state index contributed by atoms with van der Waals surface area (Å²) in [4.78, 5) is 14.7. The van der Waals surface area contributed by atoms with Gasteiger partial charge in [-0.2, -0.15) is 0 Å². The van der Waals surface area contributed by atoms with E-state index in [9.17, 15) is 10.1 Å². The Hall–Kier alpha value is -3.18. The smallest absolute Gasteiger partial charge is 0.292 e. The van der Waals surface area contributed by atoms with Gasteiger partial charge in [0.05, 0.1) is 31.1 Å². The summed E-state index contributed by atoms with van der Waals surface area (Å²) in [6.45, 7) is 3.47. The fraction of sp³-hybridized carbons (Fsp3) is 0.217. The van der Waals surface area contributed by atoms with E-state index in [1.54, 1.807) is 12.1 Å². The van der Waals surface area contributed by atoms with Gasteiger partial charge in [0.15, 0.2) is 0 Å². The first-order valence-corrected chi connectivity index (χ1v) is 9.67. The Balaban J connectivity index is 1.57. The maximum absolute atomic E-state index is 11.4. The molecule has 1 heterocycles. The summed E-state index contributed by atoms with van der Waals surface area (Å²) < 4.78 is 0. The van der Waals surface area contributed by atoms with E-state index in [1.165, 1.54) is 16.0 Å². The molecule has 0 aromatic heterocycles. The lowest BCUT2D eigenvalue weighted by Gasteiger charge is -2.37. The predicted octanol–water partition coefficient (Wildman–Crippen LogP) is 3.09. The monoisotopic (exact) mass is 374 g/mol. The van der Waals surface area contributed by atoms with Crippen LogP contribution in [-0.4, -0.2) is 31.1 Å². The van der Waals surface area contributed by atoms with Crippen molar-refractivity contribution in [3.8, 4) is 0 Å². The molecule has 0 amide bonds. The van der Waals surface area contributed by atoms with Gasteiger partial charge in [0.2, 0.25) is 0 Å². The first-order valence-electron chi connectivity index (χ1n) is 9.67. The largest absolute Gasteiger partial charge is 0.355 e. The quantitative estimate of drug-likeness (QED) is 0.552. The van der Waals surface area contributed by atoms with Crippen molar-refractivity contribution in [2.75, 3.05) is 31.1 Å². The zero-order valence-corrected chi connectivity index (χ0v) is 15.7. The Morgan fingerprint density at radius 2 is 1.29 bits per heavy atom. The second-order valence-electron chi connectivity index (χ2n) is 7.15. The van der Waals surface area contributed by atoms with Crippen molar-refractivity contribution in [2.45, 2.75) is 6.04 Å². The maximum atomic E-state index is 11.4. The summed E-state index contributed by atoms with van der Waals surface area (Å²) in [6, 6.07) is 28.6. The second kappa shape index (κ2) is 8.23. The Bertz CT molecular complexity index is 883. The normalized spacial score (nSPS) is 15.0. The van der Waals surface area contributed by atoms with Gasteiger partial charge >= 0.3 is 0 Å². The van der Waals surface area contributed by atoms with E-state index in [2.05, 4.69) is 53.4 Å². The zero-order chi connectivity index (χ0) is 19.3. The molecule has 3 aromatic rings. The van der Waals surface area contributed by atoms with Gasteiger partial charge in [-0.05, 0) is 6.07 Å². The third-order valence-electron chi connectivity index (χ3n) is 5.50. The molecule has 28 heavy (non-hydrogen) atoms. The van der Waals surface area contributed by atoms with E-state index >= 15 is 0 Å². The van der Waals surface area contributed by atoms with E-state index < -0.39 is 0 Å². The summed E-state index contributed by atoms with van der Waals surface area (Å²) in [6.07, 6.45) is 0. The van der Waals surface area contributed by atoms with Gasteiger partial charge in [-0.25, -0.2) is 0 Å². The van der Waals surface area contributed by atoms with E-state index in [4.69, 9.17) is 0 Å². The summed E-state index contributed by atoms with van der Waals surface area (Å²) in [5, 5.41) is 11.4. The highest BCUT2D eigenvalue weighted by Crippen LogP contribution is 2.28. The summed E-state index contributed by atoms with van der Waals surface area (Å²) in [7, 11) is 0. The first-order chi connectivity index (χ1) is 13.7. The minimum absolute atomic E-state index is 0.189. The van der Waals surface area contributed by atoms with Crippen LogP contribution in [0.25, 0.3) is 0 Å². The molecule has 0 spiro atoms. The number of nitro groups is 1. The summed E-state index contributed by atoms with van der Waals surface area (Å²) in [5.74, 6) is 0. The third kappa shape index (κ3) is 3.75. The van der Waals surface area contributed by atoms with Crippen LogP contribution in [0, 0.1) is 10.1 Å². The van der Waals surface area contributed by atoms with Crippen LogP contribution in [0.3, 0.4) is 0 Å². The van der Waals surface area contributed by atoms with Crippen LogP contribution in [0.5, 0.6) is 0 Å². The molecule has 3 aromatic carbocycles. The van der Waals surface area contributed by atoms with Crippen molar-refractivity contribution < 1.29 is 9.82 Å². The van der Waals surface area contributed by atoms with E-state index in [-0.39, 0.29) is 16.7 Å². The zero-order valence-electron chi connectivity index (χ0n) is 15.7. The van der Waals surface area contributed by atoms with Gasteiger partial charge in [-0.1, -0.05) is 72.8 Å². The molecule has 5 heteroatoms. The van der Waals surface area contributed by atoms with Gasteiger partial charge in [0.25, 0.3) is 5.69 Å². The van der Waals surface area contributed by atoms with Gasteiger partial charge in [-0.3, -0.25) is 10.1 Å². The highest BCUT2D eigenvalue weighted by atomic mass is 16.6. The lowest BCUT2D eigenvalue weighted by atomic mass is 9.96. The average molecular weight is 374 g/mol. The number of anilines is 1. The Morgan fingerprint density at radius 1 is 0.786 bits per heavy atom. The molecular weight excluding hydrogens is 350 g/mol. The molecule has 142 valence electrons. The van der Waals surface area contributed by atoms with Crippen molar-refractivity contribution >= 4 is 11.4 Å². The first kappa shape index (κ1) is 18.2. The molecule has 1 N–H and O–H groups in total. The number of hydrogen-bond acceptors (Lipinski definition) is 3. The molecule has 0 atom stereocenters. The van der Waals surface area contributed by atoms with Crippen LogP contribution in [0.2, 0.25) is 0 Å². The number of nitrogens with one attached hydrogen (secondary N) is 1. The number of benzene rings is 3. The van der Waals surface area contributed by atoms with Crippen LogP contribution in [-0.2, 0) is 0 Å². The van der Waals surface area contributed by atoms with Crippen molar-refractivity contribution in [3.63, 3.8) is 0 Å². The topological polar surface area (TPSA) is 50.8 Å². The molecule has 0 radical (unpaired) electrons. The summed E-state index contributed by atoms with van der Waals surface area (Å²) in [5.41, 5.74) is 3.53. The lowest BCUT2D eigenvalue weighted by molar-refractivity contribution is -0.926. The highest BCUT2D eigenvalue weighted by molar-refractivity contribution is 5.63. The van der Waals surface area contributed by atoms with Gasteiger partial charge in [-0.15, -0.1) is 0 Å². The van der Waals surface area contributed by atoms with Crippen molar-refractivity contribution in [1.29, 1.82) is 0 Å². The molecule has 0 aliphatic carbocycles. The Labute approximate surface area is 165 Å². The fourth-order valence-electron chi connectivity index (χ4n) is 4.16. The van der Waals surface area contributed by atoms with E-state index in [0.717, 1.165) is 31.9 Å². The SMILES string of the molecule is O=[N+]([O-])c1ccccc1N1CC[NH+](C(c2ccccc2)c2ccccc2)CC1. The Kier molecular flexibility index (Phi) is 5.35. The molecule has 1 aliphatic heterocycles. The number of piperazine rings is 1. The molecule has 1 aliphatic rings. The minimum atomic E-state index is -0.286. The van der Waals surface area contributed by atoms with Crippen LogP contribution >= 0.6 is 0 Å². The van der Waals surface area contributed by atoms with E-state index in [1.807, 2.05) is 24.3 Å². The molecule has 0 unspecified atom stereocenters. The number of nitrogens with zero attached hydrogens (tertiary/aromatic N) is 2. The number of quaternary nitrogens is 1. The molecular formula is C23H24N3O2+. The van der Waals surface area contributed by atoms with Crippen LogP contribution in [0.15, 0.2) is 84.9 Å². The maximum Gasteiger partial charge on any atom is 0.292 e. The average Bonchev–Trinajstić information content (AvgIpc) is 2.76. The Morgan fingerprint density at radius 3 is 1.82 bits per heavy atom. The molecule has 4 rings (SSSR count). The van der Waals surface area contributed by atoms with Crippen LogP contribution < -0.4 is 9.80 Å². The standard InChI is InChI=1S/C23H23N3O2/c27-26(28)22-14-8-7-13-21(22)24-15-17-25(18-16-24)23(19-9-3-1-4-10-19)20-11-5-2-6-12-20/h1-14,23H,15-18H2/p+1. The molecule has 1 saturated heterocycles. The summed E-state index contributed by atoms with van der Waals surface area (Å²) >= 11 is 0. The van der Waals surface area contributed by atoms with Crippen molar-refractivity contribution in [2.24, 2.45) is 0 Å². The fourth-order valence-corrected chi connectivity index (χ4v) is 4.16. The second-order valence-corrected chi connectivity index (χ2v) is 7.15. The van der Waals surface area contributed by atoms with Crippen LogP contribution in [0.4, 0.5) is 11.4 Å². The number of nitro benzene ring substituents is 1. The third-order valence-corrected chi connectivity index (χ3v) is 5.50.